The van der Waals surface area contributed by atoms with Crippen molar-refractivity contribution in [3.63, 3.8) is 0 Å². The summed E-state index contributed by atoms with van der Waals surface area (Å²) in [4.78, 5) is 13.2. The van der Waals surface area contributed by atoms with E-state index in [2.05, 4.69) is 19.2 Å². The van der Waals surface area contributed by atoms with Crippen molar-refractivity contribution in [2.75, 3.05) is 19.8 Å². The van der Waals surface area contributed by atoms with E-state index in [1.807, 2.05) is 0 Å². The van der Waals surface area contributed by atoms with Crippen LogP contribution in [-0.2, 0) is 23.7 Å². The van der Waals surface area contributed by atoms with Crippen LogP contribution in [0.15, 0.2) is 0 Å². The molecule has 12 atom stereocenters. The fourth-order valence-corrected chi connectivity index (χ4v) is 10.2. The standard InChI is InChI=1S/C57H111NO13/c1-3-5-7-9-11-13-15-17-18-19-20-21-22-23-24-25-26-27-28-29-30-32-34-36-38-40-46(61)45(58-49(62)41-39-37-35-33-31-16-14-12-10-8-6-4-2)44-68-56-54(67)52(65)55(48(43-60)70-56)71-57-53(66)51(64)50(63)47(42-59)69-57/h45-48,50-57,59-61,63-67H,3-44H2,1-2H3,(H,58,62). The minimum Gasteiger partial charge on any atom is -0.394 e. The highest BCUT2D eigenvalue weighted by Crippen LogP contribution is 2.30. The molecule has 14 heteroatoms. The van der Waals surface area contributed by atoms with Gasteiger partial charge in [-0.1, -0.05) is 245 Å². The number of aliphatic hydroxyl groups excluding tert-OH is 8. The molecule has 1 amide bonds. The van der Waals surface area contributed by atoms with E-state index >= 15 is 0 Å². The Hall–Kier alpha value is -1.01. The number of ether oxygens (including phenoxy) is 4. The Morgan fingerprint density at radius 2 is 0.803 bits per heavy atom. The van der Waals surface area contributed by atoms with Crippen LogP contribution in [0.4, 0.5) is 0 Å². The minimum atomic E-state index is -1.78. The quantitative estimate of drug-likeness (QED) is 0.0259. The molecule has 422 valence electrons. The van der Waals surface area contributed by atoms with Crippen LogP contribution in [0.3, 0.4) is 0 Å². The van der Waals surface area contributed by atoms with Crippen molar-refractivity contribution < 1.29 is 64.6 Å². The van der Waals surface area contributed by atoms with Gasteiger partial charge < -0.3 is 65.1 Å². The predicted molar refractivity (Wildman–Crippen MR) is 282 cm³/mol. The second-order valence-electron chi connectivity index (χ2n) is 21.5. The summed E-state index contributed by atoms with van der Waals surface area (Å²) in [6, 6.07) is -0.821. The Kier molecular flexibility index (Phi) is 41.1. The van der Waals surface area contributed by atoms with Crippen LogP contribution < -0.4 is 5.32 Å². The molecule has 2 saturated heterocycles. The molecule has 0 spiro atoms. The fraction of sp³-hybridized carbons (Fsp3) is 0.982. The van der Waals surface area contributed by atoms with Crippen LogP contribution in [-0.4, -0.2) is 140 Å². The highest BCUT2D eigenvalue weighted by molar-refractivity contribution is 5.76. The molecule has 0 aliphatic carbocycles. The van der Waals surface area contributed by atoms with E-state index in [0.717, 1.165) is 51.4 Å². The summed E-state index contributed by atoms with van der Waals surface area (Å²) >= 11 is 0. The Morgan fingerprint density at radius 3 is 1.20 bits per heavy atom. The van der Waals surface area contributed by atoms with E-state index in [4.69, 9.17) is 18.9 Å². The molecule has 0 aromatic rings. The van der Waals surface area contributed by atoms with E-state index < -0.39 is 86.8 Å². The lowest BCUT2D eigenvalue weighted by Gasteiger charge is -2.46. The third-order valence-electron chi connectivity index (χ3n) is 15.1. The van der Waals surface area contributed by atoms with Gasteiger partial charge in [-0.3, -0.25) is 4.79 Å². The minimum absolute atomic E-state index is 0.203. The topological polar surface area (TPSA) is 228 Å². The third-order valence-corrected chi connectivity index (χ3v) is 15.1. The number of nitrogens with one attached hydrogen (secondary N) is 1. The second-order valence-corrected chi connectivity index (χ2v) is 21.5. The molecular weight excluding hydrogens is 907 g/mol. The summed E-state index contributed by atoms with van der Waals surface area (Å²) in [5.41, 5.74) is 0. The monoisotopic (exact) mass is 1020 g/mol. The molecule has 2 rings (SSSR count). The van der Waals surface area contributed by atoms with Crippen molar-refractivity contribution in [2.24, 2.45) is 0 Å². The van der Waals surface area contributed by atoms with Crippen LogP contribution in [0.5, 0.6) is 0 Å². The van der Waals surface area contributed by atoms with Crippen LogP contribution in [0.25, 0.3) is 0 Å². The van der Waals surface area contributed by atoms with E-state index in [1.54, 1.807) is 0 Å². The molecule has 2 aliphatic rings. The zero-order valence-corrected chi connectivity index (χ0v) is 45.2. The Labute approximate surface area is 432 Å². The van der Waals surface area contributed by atoms with Crippen molar-refractivity contribution in [2.45, 2.75) is 338 Å². The normalized spacial score (nSPS) is 25.7. The summed E-state index contributed by atoms with van der Waals surface area (Å²) in [5, 5.41) is 87.1. The number of unbranched alkanes of at least 4 members (excludes halogenated alkanes) is 35. The highest BCUT2D eigenvalue weighted by atomic mass is 16.7. The lowest BCUT2D eigenvalue weighted by Crippen LogP contribution is -2.65. The SMILES string of the molecule is CCCCCCCCCCCCCCCCCCCCCCCCCCCC(O)C(COC1OC(CO)C(OC2OC(CO)C(O)C(O)C2O)C(O)C1O)NC(=O)CCCCCCCCCCCCCC. The Morgan fingerprint density at radius 1 is 0.451 bits per heavy atom. The smallest absolute Gasteiger partial charge is 0.220 e. The summed E-state index contributed by atoms with van der Waals surface area (Å²) in [5.74, 6) is -0.203. The highest BCUT2D eigenvalue weighted by Gasteiger charge is 2.51. The number of hydrogen-bond acceptors (Lipinski definition) is 13. The van der Waals surface area contributed by atoms with Gasteiger partial charge >= 0.3 is 0 Å². The van der Waals surface area contributed by atoms with Gasteiger partial charge in [-0.15, -0.1) is 0 Å². The van der Waals surface area contributed by atoms with Gasteiger partial charge in [0.15, 0.2) is 12.6 Å². The summed E-state index contributed by atoms with van der Waals surface area (Å²) in [6.45, 7) is 2.88. The lowest BCUT2D eigenvalue weighted by molar-refractivity contribution is -0.359. The van der Waals surface area contributed by atoms with E-state index in [1.165, 1.54) is 186 Å². The molecule has 2 fully saturated rings. The average molecular weight is 1020 g/mol. The summed E-state index contributed by atoms with van der Waals surface area (Å²) in [7, 11) is 0. The Bertz CT molecular complexity index is 1200. The molecular formula is C57H111NO13. The number of carbonyl (C=O) groups is 1. The first-order chi connectivity index (χ1) is 34.6. The maximum absolute atomic E-state index is 13.2. The van der Waals surface area contributed by atoms with E-state index in [9.17, 15) is 45.6 Å². The molecule has 0 aromatic heterocycles. The van der Waals surface area contributed by atoms with Gasteiger partial charge in [0.25, 0.3) is 0 Å². The van der Waals surface area contributed by atoms with Crippen LogP contribution in [0.1, 0.15) is 264 Å². The van der Waals surface area contributed by atoms with Gasteiger partial charge in [0, 0.05) is 6.42 Å². The summed E-state index contributed by atoms with van der Waals surface area (Å²) < 4.78 is 22.8. The van der Waals surface area contributed by atoms with Crippen molar-refractivity contribution in [3.8, 4) is 0 Å². The van der Waals surface area contributed by atoms with Crippen molar-refractivity contribution in [3.05, 3.63) is 0 Å². The zero-order valence-electron chi connectivity index (χ0n) is 45.2. The van der Waals surface area contributed by atoms with Gasteiger partial charge in [-0.25, -0.2) is 0 Å². The van der Waals surface area contributed by atoms with Crippen LogP contribution >= 0.6 is 0 Å². The zero-order chi connectivity index (χ0) is 51.7. The van der Waals surface area contributed by atoms with Crippen LogP contribution in [0.2, 0.25) is 0 Å². The number of amides is 1. The number of aliphatic hydroxyl groups is 8. The fourth-order valence-electron chi connectivity index (χ4n) is 10.2. The van der Waals surface area contributed by atoms with Gasteiger partial charge in [0.2, 0.25) is 5.91 Å². The number of carbonyl (C=O) groups excluding carboxylic acids is 1. The van der Waals surface area contributed by atoms with Gasteiger partial charge in [0.05, 0.1) is 32.0 Å². The third kappa shape index (κ3) is 30.4. The number of rotatable bonds is 48. The van der Waals surface area contributed by atoms with Crippen molar-refractivity contribution >= 4 is 5.91 Å². The molecule has 0 radical (unpaired) electrons. The van der Waals surface area contributed by atoms with Crippen molar-refractivity contribution in [1.82, 2.24) is 5.32 Å². The predicted octanol–water partition coefficient (Wildman–Crippen LogP) is 9.73. The van der Waals surface area contributed by atoms with E-state index in [-0.39, 0.29) is 12.5 Å². The van der Waals surface area contributed by atoms with Gasteiger partial charge in [-0.2, -0.15) is 0 Å². The van der Waals surface area contributed by atoms with E-state index in [0.29, 0.717) is 12.8 Å². The van der Waals surface area contributed by atoms with Crippen LogP contribution in [0, 0.1) is 0 Å². The molecule has 2 heterocycles. The maximum atomic E-state index is 13.2. The first-order valence-electron chi connectivity index (χ1n) is 29.8. The lowest BCUT2D eigenvalue weighted by atomic mass is 9.97. The molecule has 9 N–H and O–H groups in total. The van der Waals surface area contributed by atoms with Crippen molar-refractivity contribution in [1.29, 1.82) is 0 Å². The van der Waals surface area contributed by atoms with Gasteiger partial charge in [0.1, 0.15) is 48.8 Å². The number of hydrogen-bond donors (Lipinski definition) is 9. The Balaban J connectivity index is 1.70. The molecule has 0 bridgehead atoms. The molecule has 2 aliphatic heterocycles. The maximum Gasteiger partial charge on any atom is 0.220 e. The largest absolute Gasteiger partial charge is 0.394 e. The molecule has 0 saturated carbocycles. The first-order valence-corrected chi connectivity index (χ1v) is 29.8. The first kappa shape index (κ1) is 66.1. The average Bonchev–Trinajstić information content (AvgIpc) is 3.37. The van der Waals surface area contributed by atoms with Gasteiger partial charge in [-0.05, 0) is 12.8 Å². The molecule has 14 nitrogen and oxygen atoms in total. The summed E-state index contributed by atoms with van der Waals surface area (Å²) in [6.07, 6.45) is 31.1. The molecule has 12 unspecified atom stereocenters. The molecule has 71 heavy (non-hydrogen) atoms. The second kappa shape index (κ2) is 44.2. The molecule has 0 aromatic carbocycles.